The molecule has 0 N–H and O–H groups in total. The molecule has 2 saturated heterocycles. The van der Waals surface area contributed by atoms with Gasteiger partial charge in [-0.05, 0) is 12.8 Å². The molecule has 0 bridgehead atoms. The van der Waals surface area contributed by atoms with Gasteiger partial charge in [-0.3, -0.25) is 0 Å². The summed E-state index contributed by atoms with van der Waals surface area (Å²) in [6.45, 7) is 2.28. The van der Waals surface area contributed by atoms with Crippen LogP contribution in [0.3, 0.4) is 0 Å². The largest absolute Gasteiger partial charge is 0.508 e. The van der Waals surface area contributed by atoms with Crippen LogP contribution < -0.4 is 0 Å². The minimum Gasteiger partial charge on any atom is -0.430 e. The zero-order chi connectivity index (χ0) is 16.8. The maximum Gasteiger partial charge on any atom is 0.508 e. The Bertz CT molecular complexity index is 411. The van der Waals surface area contributed by atoms with Gasteiger partial charge >= 0.3 is 12.3 Å². The Morgan fingerprint density at radius 3 is 1.75 bits per heavy atom. The quantitative estimate of drug-likeness (QED) is 0.618. The van der Waals surface area contributed by atoms with Crippen LogP contribution in [0.15, 0.2) is 0 Å². The van der Waals surface area contributed by atoms with Gasteiger partial charge in [0.15, 0.2) is 12.2 Å². The molecule has 3 aliphatic rings. The minimum absolute atomic E-state index is 0.0365. The number of hydrogen-bond donors (Lipinski definition) is 0. The molecule has 8 heteroatoms. The Hall–Kier alpha value is -1.54. The van der Waals surface area contributed by atoms with E-state index in [2.05, 4.69) is 0 Å². The summed E-state index contributed by atoms with van der Waals surface area (Å²) in [5.41, 5.74) is -0.0365. The third-order valence-corrected chi connectivity index (χ3v) is 4.64. The molecule has 3 rings (SSSR count). The van der Waals surface area contributed by atoms with Crippen molar-refractivity contribution in [1.29, 1.82) is 0 Å². The van der Waals surface area contributed by atoms with Crippen molar-refractivity contribution in [2.45, 2.75) is 44.3 Å². The number of rotatable bonds is 8. The van der Waals surface area contributed by atoms with Crippen LogP contribution in [0.5, 0.6) is 0 Å². The number of cyclic esters (lactones) is 4. The van der Waals surface area contributed by atoms with Crippen LogP contribution >= 0.6 is 0 Å². The van der Waals surface area contributed by atoms with Crippen molar-refractivity contribution in [3.05, 3.63) is 0 Å². The number of hydrogen-bond acceptors (Lipinski definition) is 8. The Balaban J connectivity index is 1.41. The van der Waals surface area contributed by atoms with Crippen LogP contribution in [0.25, 0.3) is 0 Å². The molecule has 2 atom stereocenters. The summed E-state index contributed by atoms with van der Waals surface area (Å²) in [4.78, 5) is 21.8. The Kier molecular flexibility index (Phi) is 5.78. The number of ether oxygens (including phenoxy) is 6. The molecule has 8 nitrogen and oxygen atoms in total. The van der Waals surface area contributed by atoms with Crippen LogP contribution in [-0.4, -0.2) is 64.2 Å². The molecule has 0 aromatic heterocycles. The standard InChI is InChI=1S/C16H24O8/c17-14-21-8-12(23-14)6-19-10-16(4-2-1-3-5-16)11-20-7-13-9-22-15(18)24-13/h12-13H,1-11H2. The molecule has 2 aliphatic heterocycles. The van der Waals surface area contributed by atoms with Gasteiger partial charge in [0.25, 0.3) is 0 Å². The first-order chi connectivity index (χ1) is 11.7. The van der Waals surface area contributed by atoms with Crippen molar-refractivity contribution in [1.82, 2.24) is 0 Å². The second-order valence-corrected chi connectivity index (χ2v) is 6.69. The molecule has 1 saturated carbocycles. The highest BCUT2D eigenvalue weighted by Crippen LogP contribution is 2.37. The fourth-order valence-electron chi connectivity index (χ4n) is 3.34. The molecular formula is C16H24O8. The smallest absolute Gasteiger partial charge is 0.430 e. The first-order valence-corrected chi connectivity index (χ1v) is 8.48. The van der Waals surface area contributed by atoms with Crippen molar-refractivity contribution in [2.75, 3.05) is 39.6 Å². The monoisotopic (exact) mass is 344 g/mol. The zero-order valence-electron chi connectivity index (χ0n) is 13.7. The van der Waals surface area contributed by atoms with Crippen LogP contribution in [0.4, 0.5) is 9.59 Å². The first-order valence-electron chi connectivity index (χ1n) is 8.48. The molecule has 1 aliphatic carbocycles. The van der Waals surface area contributed by atoms with E-state index in [0.29, 0.717) is 26.4 Å². The van der Waals surface area contributed by atoms with E-state index in [4.69, 9.17) is 28.4 Å². The summed E-state index contributed by atoms with van der Waals surface area (Å²) in [5, 5.41) is 0. The average Bonchev–Trinajstić information content (AvgIpc) is 3.17. The van der Waals surface area contributed by atoms with Gasteiger partial charge < -0.3 is 28.4 Å². The highest BCUT2D eigenvalue weighted by atomic mass is 16.8. The first kappa shape index (κ1) is 17.3. The summed E-state index contributed by atoms with van der Waals surface area (Å²) in [5.74, 6) is 0. The Morgan fingerprint density at radius 2 is 1.33 bits per heavy atom. The van der Waals surface area contributed by atoms with E-state index < -0.39 is 12.3 Å². The van der Waals surface area contributed by atoms with Gasteiger partial charge in [-0.1, -0.05) is 19.3 Å². The van der Waals surface area contributed by atoms with E-state index in [-0.39, 0.29) is 30.8 Å². The van der Waals surface area contributed by atoms with Crippen LogP contribution in [0, 0.1) is 5.41 Å². The van der Waals surface area contributed by atoms with E-state index >= 15 is 0 Å². The van der Waals surface area contributed by atoms with Crippen molar-refractivity contribution in [3.8, 4) is 0 Å². The normalized spacial score (nSPS) is 28.8. The van der Waals surface area contributed by atoms with Crippen LogP contribution in [0.2, 0.25) is 0 Å². The summed E-state index contributed by atoms with van der Waals surface area (Å²) in [7, 11) is 0. The number of carbonyl (C=O) groups is 2. The second-order valence-electron chi connectivity index (χ2n) is 6.69. The number of carbonyl (C=O) groups excluding carboxylic acids is 2. The maximum absolute atomic E-state index is 10.9. The third-order valence-electron chi connectivity index (χ3n) is 4.64. The molecule has 0 aromatic rings. The highest BCUT2D eigenvalue weighted by Gasteiger charge is 2.35. The molecule has 24 heavy (non-hydrogen) atoms. The minimum atomic E-state index is -0.632. The van der Waals surface area contributed by atoms with E-state index in [9.17, 15) is 9.59 Å². The molecule has 0 spiro atoms. The van der Waals surface area contributed by atoms with Crippen molar-refractivity contribution >= 4 is 12.3 Å². The zero-order valence-corrected chi connectivity index (χ0v) is 13.7. The lowest BCUT2D eigenvalue weighted by Crippen LogP contribution is -2.37. The van der Waals surface area contributed by atoms with E-state index in [1.54, 1.807) is 0 Å². The van der Waals surface area contributed by atoms with Gasteiger partial charge in [0.05, 0.1) is 26.4 Å². The topological polar surface area (TPSA) is 89.5 Å². The van der Waals surface area contributed by atoms with E-state index in [1.807, 2.05) is 0 Å². The molecule has 2 heterocycles. The fourth-order valence-corrected chi connectivity index (χ4v) is 3.34. The molecular weight excluding hydrogens is 320 g/mol. The Morgan fingerprint density at radius 1 is 0.833 bits per heavy atom. The van der Waals surface area contributed by atoms with Crippen molar-refractivity contribution in [2.24, 2.45) is 5.41 Å². The highest BCUT2D eigenvalue weighted by molar-refractivity contribution is 5.62. The third kappa shape index (κ3) is 4.73. The van der Waals surface area contributed by atoms with Gasteiger partial charge in [0.2, 0.25) is 0 Å². The van der Waals surface area contributed by atoms with Gasteiger partial charge in [0, 0.05) is 5.41 Å². The molecule has 3 fully saturated rings. The van der Waals surface area contributed by atoms with Gasteiger partial charge in [0.1, 0.15) is 13.2 Å². The lowest BCUT2D eigenvalue weighted by molar-refractivity contribution is -0.0671. The maximum atomic E-state index is 10.9. The molecule has 0 radical (unpaired) electrons. The Labute approximate surface area is 140 Å². The van der Waals surface area contributed by atoms with Crippen molar-refractivity contribution in [3.63, 3.8) is 0 Å². The van der Waals surface area contributed by atoms with E-state index in [1.165, 1.54) is 6.42 Å². The molecule has 0 amide bonds. The second kappa shape index (κ2) is 8.02. The predicted octanol–water partition coefficient (Wildman–Crippen LogP) is 2.04. The van der Waals surface area contributed by atoms with Gasteiger partial charge in [-0.15, -0.1) is 0 Å². The van der Waals surface area contributed by atoms with E-state index in [0.717, 1.165) is 25.7 Å². The van der Waals surface area contributed by atoms with Gasteiger partial charge in [-0.2, -0.15) is 0 Å². The van der Waals surface area contributed by atoms with Crippen molar-refractivity contribution < 1.29 is 38.0 Å². The average molecular weight is 344 g/mol. The summed E-state index contributed by atoms with van der Waals surface area (Å²) >= 11 is 0. The lowest BCUT2D eigenvalue weighted by Gasteiger charge is -2.37. The summed E-state index contributed by atoms with van der Waals surface area (Å²) in [6, 6.07) is 0. The SMILES string of the molecule is O=C1OCC(COCC2(COCC3COC(=O)O3)CCCCC2)O1. The molecule has 0 aromatic carbocycles. The predicted molar refractivity (Wildman–Crippen MR) is 79.6 cm³/mol. The van der Waals surface area contributed by atoms with Crippen LogP contribution in [0.1, 0.15) is 32.1 Å². The fraction of sp³-hybridized carbons (Fsp3) is 0.875. The summed E-state index contributed by atoms with van der Waals surface area (Å²) < 4.78 is 31.0. The van der Waals surface area contributed by atoms with Crippen LogP contribution in [-0.2, 0) is 28.4 Å². The summed E-state index contributed by atoms with van der Waals surface area (Å²) in [6.07, 6.45) is 3.68. The molecule has 136 valence electrons. The lowest BCUT2D eigenvalue weighted by atomic mass is 9.75. The molecule has 2 unspecified atom stereocenters. The van der Waals surface area contributed by atoms with Gasteiger partial charge in [-0.25, -0.2) is 9.59 Å².